The number of carboxylic acids is 1. The largest absolute Gasteiger partial charge is 0.478 e. The molecule has 3 rings (SSSR count). The van der Waals surface area contributed by atoms with E-state index in [1.54, 1.807) is 6.07 Å². The van der Waals surface area contributed by atoms with Crippen LogP contribution in [0.25, 0.3) is 11.3 Å². The monoisotopic (exact) mass is 269 g/mol. The third-order valence-corrected chi connectivity index (χ3v) is 3.95. The fourth-order valence-corrected chi connectivity index (χ4v) is 2.54. The van der Waals surface area contributed by atoms with E-state index in [-0.39, 0.29) is 0 Å². The number of aromatic nitrogens is 1. The van der Waals surface area contributed by atoms with E-state index in [9.17, 15) is 9.90 Å². The van der Waals surface area contributed by atoms with Crippen molar-refractivity contribution >= 4 is 5.97 Å². The lowest BCUT2D eigenvalue weighted by molar-refractivity contribution is 0.0696. The predicted octanol–water partition coefficient (Wildman–Crippen LogP) is 4.38. The van der Waals surface area contributed by atoms with Gasteiger partial charge in [-0.2, -0.15) is 0 Å². The molecule has 0 radical (unpaired) electrons. The van der Waals surface area contributed by atoms with Gasteiger partial charge in [0.25, 0.3) is 0 Å². The van der Waals surface area contributed by atoms with E-state index in [2.05, 4.69) is 43.1 Å². The topological polar surface area (TPSA) is 53.1 Å². The van der Waals surface area contributed by atoms with Gasteiger partial charge in [0.1, 0.15) is 0 Å². The van der Waals surface area contributed by atoms with Gasteiger partial charge < -0.3 is 10.1 Å². The first-order valence-electron chi connectivity index (χ1n) is 7.12. The number of aromatic carboxylic acids is 1. The summed E-state index contributed by atoms with van der Waals surface area (Å²) in [5, 5.41) is 9.30. The second kappa shape index (κ2) is 4.82. The molecule has 1 aliphatic rings. The summed E-state index contributed by atoms with van der Waals surface area (Å²) in [5.74, 6) is 0.0716. The number of benzene rings is 1. The number of nitrogens with one attached hydrogen (secondary N) is 1. The van der Waals surface area contributed by atoms with Crippen molar-refractivity contribution in [3.63, 3.8) is 0 Å². The molecule has 20 heavy (non-hydrogen) atoms. The van der Waals surface area contributed by atoms with Crippen molar-refractivity contribution in [2.24, 2.45) is 0 Å². The van der Waals surface area contributed by atoms with Gasteiger partial charge in [-0.3, -0.25) is 0 Å². The predicted molar refractivity (Wildman–Crippen MR) is 79.3 cm³/mol. The molecule has 1 heterocycles. The molecule has 3 heteroatoms. The normalized spacial score (nSPS) is 14.8. The summed E-state index contributed by atoms with van der Waals surface area (Å²) in [6.45, 7) is 4.33. The van der Waals surface area contributed by atoms with Crippen LogP contribution >= 0.6 is 0 Å². The smallest absolute Gasteiger partial charge is 0.337 e. The van der Waals surface area contributed by atoms with Crippen molar-refractivity contribution in [2.75, 3.05) is 0 Å². The third kappa shape index (κ3) is 2.36. The van der Waals surface area contributed by atoms with Crippen LogP contribution in [0, 0.1) is 0 Å². The maximum Gasteiger partial charge on any atom is 0.337 e. The molecule has 104 valence electrons. The summed E-state index contributed by atoms with van der Waals surface area (Å²) in [6.07, 6.45) is 2.18. The van der Waals surface area contributed by atoms with Gasteiger partial charge in [-0.15, -0.1) is 0 Å². The number of H-pyrrole nitrogens is 1. The molecule has 1 aromatic heterocycles. The minimum atomic E-state index is -0.840. The Hall–Kier alpha value is -2.03. The van der Waals surface area contributed by atoms with Crippen molar-refractivity contribution in [3.05, 3.63) is 47.2 Å². The van der Waals surface area contributed by atoms with Crippen LogP contribution in [0.1, 0.15) is 60.1 Å². The third-order valence-electron chi connectivity index (χ3n) is 3.95. The zero-order valence-electron chi connectivity index (χ0n) is 11.8. The van der Waals surface area contributed by atoms with Crippen LogP contribution in [0.3, 0.4) is 0 Å². The number of aromatic amines is 1. The molecule has 0 bridgehead atoms. The average molecular weight is 269 g/mol. The molecular formula is C17H19NO2. The number of hydrogen-bond acceptors (Lipinski definition) is 1. The van der Waals surface area contributed by atoms with Gasteiger partial charge in [-0.25, -0.2) is 4.79 Å². The lowest BCUT2D eigenvalue weighted by Crippen LogP contribution is -1.98. The second-order valence-electron chi connectivity index (χ2n) is 5.87. The summed E-state index contributed by atoms with van der Waals surface area (Å²) >= 11 is 0. The lowest BCUT2D eigenvalue weighted by atomic mass is 10.0. The molecule has 0 saturated heterocycles. The summed E-state index contributed by atoms with van der Waals surface area (Å²) < 4.78 is 0. The Morgan fingerprint density at radius 3 is 2.40 bits per heavy atom. The zero-order valence-corrected chi connectivity index (χ0v) is 11.8. The summed E-state index contributed by atoms with van der Waals surface area (Å²) in [5.41, 5.74) is 4.56. The Morgan fingerprint density at radius 2 is 1.90 bits per heavy atom. The lowest BCUT2D eigenvalue weighted by Gasteiger charge is -2.05. The first-order chi connectivity index (χ1) is 9.56. The van der Waals surface area contributed by atoms with Crippen LogP contribution < -0.4 is 0 Å². The first-order valence-corrected chi connectivity index (χ1v) is 7.12. The molecule has 1 aromatic carbocycles. The Bertz CT molecular complexity index is 634. The van der Waals surface area contributed by atoms with Gasteiger partial charge in [0.05, 0.1) is 5.56 Å². The summed E-state index contributed by atoms with van der Waals surface area (Å²) in [7, 11) is 0. The van der Waals surface area contributed by atoms with Crippen LogP contribution in [0.2, 0.25) is 0 Å². The standard InChI is InChI=1S/C17H19NO2/c1-10(2)11-3-5-12(6-4-11)15-9-14(17(19)20)16(18-15)13-7-8-13/h3-6,9-10,13,18H,7-8H2,1-2H3,(H,19,20). The van der Waals surface area contributed by atoms with Gasteiger partial charge in [0.2, 0.25) is 0 Å². The van der Waals surface area contributed by atoms with Crippen LogP contribution in [0.4, 0.5) is 0 Å². The molecule has 2 N–H and O–H groups in total. The molecule has 0 atom stereocenters. The van der Waals surface area contributed by atoms with Gasteiger partial charge >= 0.3 is 5.97 Å². The van der Waals surface area contributed by atoms with Crippen LogP contribution in [-0.2, 0) is 0 Å². The number of hydrogen-bond donors (Lipinski definition) is 2. The Labute approximate surface area is 118 Å². The highest BCUT2D eigenvalue weighted by Gasteiger charge is 2.30. The Balaban J connectivity index is 1.97. The van der Waals surface area contributed by atoms with E-state index < -0.39 is 5.97 Å². The van der Waals surface area contributed by atoms with Crippen molar-refractivity contribution in [2.45, 2.75) is 38.5 Å². The van der Waals surface area contributed by atoms with Crippen LogP contribution in [-0.4, -0.2) is 16.1 Å². The van der Waals surface area contributed by atoms with Gasteiger partial charge in [-0.1, -0.05) is 38.1 Å². The van der Waals surface area contributed by atoms with E-state index in [1.807, 2.05) is 0 Å². The van der Waals surface area contributed by atoms with Crippen molar-refractivity contribution < 1.29 is 9.90 Å². The Morgan fingerprint density at radius 1 is 1.25 bits per heavy atom. The second-order valence-corrected chi connectivity index (χ2v) is 5.87. The first kappa shape index (κ1) is 13.0. The molecule has 1 saturated carbocycles. The molecule has 0 unspecified atom stereocenters. The highest BCUT2D eigenvalue weighted by Crippen LogP contribution is 2.42. The maximum absolute atomic E-state index is 11.3. The maximum atomic E-state index is 11.3. The van der Waals surface area contributed by atoms with Crippen molar-refractivity contribution in [3.8, 4) is 11.3 Å². The molecule has 2 aromatic rings. The molecule has 3 nitrogen and oxygen atoms in total. The van der Waals surface area contributed by atoms with Crippen LogP contribution in [0.5, 0.6) is 0 Å². The summed E-state index contributed by atoms with van der Waals surface area (Å²) in [6, 6.07) is 10.1. The van der Waals surface area contributed by atoms with Crippen molar-refractivity contribution in [1.82, 2.24) is 4.98 Å². The van der Waals surface area contributed by atoms with E-state index in [0.29, 0.717) is 17.4 Å². The quantitative estimate of drug-likeness (QED) is 0.865. The van der Waals surface area contributed by atoms with E-state index in [0.717, 1.165) is 29.8 Å². The fraction of sp³-hybridized carbons (Fsp3) is 0.353. The van der Waals surface area contributed by atoms with E-state index >= 15 is 0 Å². The Kier molecular flexibility index (Phi) is 3.13. The molecule has 0 spiro atoms. The fourth-order valence-electron chi connectivity index (χ4n) is 2.54. The minimum Gasteiger partial charge on any atom is -0.478 e. The number of rotatable bonds is 4. The van der Waals surface area contributed by atoms with Crippen molar-refractivity contribution in [1.29, 1.82) is 0 Å². The van der Waals surface area contributed by atoms with Gasteiger partial charge in [-0.05, 0) is 41.9 Å². The minimum absolute atomic E-state index is 0.407. The number of carboxylic acid groups (broad SMARTS) is 1. The molecule has 0 amide bonds. The van der Waals surface area contributed by atoms with Gasteiger partial charge in [0, 0.05) is 11.4 Å². The zero-order chi connectivity index (χ0) is 14.3. The highest BCUT2D eigenvalue weighted by atomic mass is 16.4. The highest BCUT2D eigenvalue weighted by molar-refractivity contribution is 5.91. The van der Waals surface area contributed by atoms with E-state index in [4.69, 9.17) is 0 Å². The summed E-state index contributed by atoms with van der Waals surface area (Å²) in [4.78, 5) is 14.6. The molecule has 1 aliphatic carbocycles. The van der Waals surface area contributed by atoms with Gasteiger partial charge in [0.15, 0.2) is 0 Å². The van der Waals surface area contributed by atoms with E-state index in [1.165, 1.54) is 5.56 Å². The average Bonchev–Trinajstić information content (AvgIpc) is 3.17. The SMILES string of the molecule is CC(C)c1ccc(-c2cc(C(=O)O)c(C3CC3)[nH]2)cc1. The molecular weight excluding hydrogens is 250 g/mol. The van der Waals surface area contributed by atoms with Crippen LogP contribution in [0.15, 0.2) is 30.3 Å². The molecule has 1 fully saturated rings. The molecule has 0 aliphatic heterocycles. The number of carbonyl (C=O) groups is 1.